The van der Waals surface area contributed by atoms with Crippen LogP contribution in [0.3, 0.4) is 0 Å². The topological polar surface area (TPSA) is 63.1 Å². The maximum absolute atomic E-state index is 12.5. The molecule has 134 valence electrons. The fourth-order valence-corrected chi connectivity index (χ4v) is 2.59. The van der Waals surface area contributed by atoms with Crippen molar-refractivity contribution < 1.29 is 22.8 Å². The maximum Gasteiger partial charge on any atom is 0.416 e. The van der Waals surface area contributed by atoms with Crippen LogP contribution in [0.2, 0.25) is 0 Å². The highest BCUT2D eigenvalue weighted by atomic mass is 19.4. The number of fused-ring (bicyclic) bond motifs is 1. The minimum absolute atomic E-state index is 0.00350. The first-order valence-electron chi connectivity index (χ1n) is 7.59. The minimum Gasteiger partial charge on any atom is -0.350 e. The fraction of sp³-hybridized carbons (Fsp3) is 0.111. The highest BCUT2D eigenvalue weighted by molar-refractivity contribution is 6.07. The Morgan fingerprint density at radius 3 is 2.19 bits per heavy atom. The van der Waals surface area contributed by atoms with Crippen LogP contribution in [0.15, 0.2) is 54.7 Å². The Bertz CT molecular complexity index is 976. The molecule has 2 amide bonds. The number of aromatic nitrogens is 1. The Labute approximate surface area is 146 Å². The quantitative estimate of drug-likeness (QED) is 0.688. The third-order valence-corrected chi connectivity index (χ3v) is 3.91. The molecule has 0 bridgehead atoms. The van der Waals surface area contributed by atoms with Gasteiger partial charge >= 0.3 is 6.18 Å². The van der Waals surface area contributed by atoms with Crippen LogP contribution < -0.4 is 10.9 Å². The fourth-order valence-electron chi connectivity index (χ4n) is 2.59. The van der Waals surface area contributed by atoms with E-state index in [1.54, 1.807) is 29.9 Å². The van der Waals surface area contributed by atoms with E-state index < -0.39 is 23.6 Å². The number of hydrogen-bond acceptors (Lipinski definition) is 2. The van der Waals surface area contributed by atoms with Gasteiger partial charge < -0.3 is 4.57 Å². The van der Waals surface area contributed by atoms with Gasteiger partial charge in [0.25, 0.3) is 11.8 Å². The second-order valence-electron chi connectivity index (χ2n) is 5.65. The SMILES string of the molecule is Cn1cc(C(=O)NNC(=O)c2ccc(C(F)(F)F)cc2)c2ccccc21. The Balaban J connectivity index is 1.70. The summed E-state index contributed by atoms with van der Waals surface area (Å²) in [6, 6.07) is 11.0. The monoisotopic (exact) mass is 361 g/mol. The third kappa shape index (κ3) is 3.39. The molecule has 0 radical (unpaired) electrons. The lowest BCUT2D eigenvalue weighted by molar-refractivity contribution is -0.137. The molecule has 8 heteroatoms. The Hall–Kier alpha value is -3.29. The van der Waals surface area contributed by atoms with E-state index in [0.29, 0.717) is 5.56 Å². The van der Waals surface area contributed by atoms with Crippen molar-refractivity contribution in [3.63, 3.8) is 0 Å². The molecule has 1 aromatic heterocycles. The number of aryl methyl sites for hydroxylation is 1. The smallest absolute Gasteiger partial charge is 0.350 e. The van der Waals surface area contributed by atoms with Crippen LogP contribution in [0.5, 0.6) is 0 Å². The van der Waals surface area contributed by atoms with Gasteiger partial charge in [-0.3, -0.25) is 20.4 Å². The summed E-state index contributed by atoms with van der Waals surface area (Å²) in [5.41, 5.74) is 4.84. The molecule has 1 heterocycles. The number of para-hydroxylation sites is 1. The van der Waals surface area contributed by atoms with E-state index in [0.717, 1.165) is 35.2 Å². The predicted octanol–water partition coefficient (Wildman–Crippen LogP) is 3.27. The van der Waals surface area contributed by atoms with Crippen molar-refractivity contribution in [2.75, 3.05) is 0 Å². The van der Waals surface area contributed by atoms with Gasteiger partial charge in [-0.1, -0.05) is 18.2 Å². The predicted molar refractivity (Wildman–Crippen MR) is 89.3 cm³/mol. The largest absolute Gasteiger partial charge is 0.416 e. The number of hydrogen-bond donors (Lipinski definition) is 2. The molecule has 0 saturated carbocycles. The lowest BCUT2D eigenvalue weighted by Gasteiger charge is -2.09. The molecular formula is C18H14F3N3O2. The van der Waals surface area contributed by atoms with Gasteiger partial charge in [0, 0.05) is 29.7 Å². The summed E-state index contributed by atoms with van der Waals surface area (Å²) >= 11 is 0. The van der Waals surface area contributed by atoms with E-state index >= 15 is 0 Å². The zero-order valence-electron chi connectivity index (χ0n) is 13.6. The number of carbonyl (C=O) groups excluding carboxylic acids is 2. The zero-order valence-corrected chi connectivity index (χ0v) is 13.6. The van der Waals surface area contributed by atoms with E-state index in [1.807, 2.05) is 12.1 Å². The summed E-state index contributed by atoms with van der Waals surface area (Å²) < 4.78 is 39.4. The summed E-state index contributed by atoms with van der Waals surface area (Å²) in [7, 11) is 1.79. The molecule has 3 rings (SSSR count). The number of hydrazine groups is 1. The van der Waals surface area contributed by atoms with Crippen LogP contribution in [-0.4, -0.2) is 16.4 Å². The van der Waals surface area contributed by atoms with Gasteiger partial charge in [0.05, 0.1) is 11.1 Å². The summed E-state index contributed by atoms with van der Waals surface area (Å²) in [4.78, 5) is 24.3. The first kappa shape index (κ1) is 17.5. The molecule has 0 unspecified atom stereocenters. The van der Waals surface area contributed by atoms with Crippen molar-refractivity contribution in [3.8, 4) is 0 Å². The number of halogens is 3. The van der Waals surface area contributed by atoms with Crippen molar-refractivity contribution in [3.05, 3.63) is 71.4 Å². The average Bonchev–Trinajstić information content (AvgIpc) is 2.96. The van der Waals surface area contributed by atoms with Gasteiger partial charge in [0.15, 0.2) is 0 Å². The first-order valence-corrected chi connectivity index (χ1v) is 7.59. The highest BCUT2D eigenvalue weighted by Crippen LogP contribution is 2.29. The number of nitrogens with zero attached hydrogens (tertiary/aromatic N) is 1. The van der Waals surface area contributed by atoms with Gasteiger partial charge in [-0.25, -0.2) is 0 Å². The molecule has 2 aromatic carbocycles. The first-order chi connectivity index (χ1) is 12.3. The summed E-state index contributed by atoms with van der Waals surface area (Å²) in [5, 5.41) is 0.719. The summed E-state index contributed by atoms with van der Waals surface area (Å²) in [6.07, 6.45) is -2.85. The molecule has 0 fully saturated rings. The van der Waals surface area contributed by atoms with Gasteiger partial charge in [-0.05, 0) is 30.3 Å². The summed E-state index contributed by atoms with van der Waals surface area (Å²) in [5.74, 6) is -1.24. The van der Waals surface area contributed by atoms with Crippen LogP contribution in [0.25, 0.3) is 10.9 Å². The highest BCUT2D eigenvalue weighted by Gasteiger charge is 2.30. The van der Waals surface area contributed by atoms with Crippen LogP contribution in [-0.2, 0) is 13.2 Å². The van der Waals surface area contributed by atoms with Gasteiger partial charge in [-0.2, -0.15) is 13.2 Å². The van der Waals surface area contributed by atoms with Crippen LogP contribution >= 0.6 is 0 Å². The lowest BCUT2D eigenvalue weighted by Crippen LogP contribution is -2.41. The van der Waals surface area contributed by atoms with Crippen molar-refractivity contribution in [1.82, 2.24) is 15.4 Å². The van der Waals surface area contributed by atoms with Gasteiger partial charge in [0.2, 0.25) is 0 Å². The van der Waals surface area contributed by atoms with E-state index in [2.05, 4.69) is 10.9 Å². The molecule has 0 aliphatic rings. The minimum atomic E-state index is -4.47. The van der Waals surface area contributed by atoms with Crippen LogP contribution in [0, 0.1) is 0 Å². The second kappa shape index (κ2) is 6.55. The molecular weight excluding hydrogens is 347 g/mol. The summed E-state index contributed by atoms with van der Waals surface area (Å²) in [6.45, 7) is 0. The van der Waals surface area contributed by atoms with Crippen LogP contribution in [0.4, 0.5) is 13.2 Å². The van der Waals surface area contributed by atoms with E-state index in [4.69, 9.17) is 0 Å². The number of rotatable bonds is 2. The molecule has 5 nitrogen and oxygen atoms in total. The number of carbonyl (C=O) groups is 2. The molecule has 0 saturated heterocycles. The normalized spacial score (nSPS) is 11.4. The standard InChI is InChI=1S/C18H14F3N3O2/c1-24-10-14(13-4-2-3-5-15(13)24)17(26)23-22-16(25)11-6-8-12(9-7-11)18(19,20)21/h2-10H,1H3,(H,22,25)(H,23,26). The molecule has 0 aliphatic heterocycles. The van der Waals surface area contributed by atoms with Crippen molar-refractivity contribution >= 4 is 22.7 Å². The molecule has 26 heavy (non-hydrogen) atoms. The molecule has 2 N–H and O–H groups in total. The Morgan fingerprint density at radius 2 is 1.54 bits per heavy atom. The van der Waals surface area contributed by atoms with Crippen molar-refractivity contribution in [1.29, 1.82) is 0 Å². The zero-order chi connectivity index (χ0) is 18.9. The Morgan fingerprint density at radius 1 is 0.923 bits per heavy atom. The maximum atomic E-state index is 12.5. The van der Waals surface area contributed by atoms with E-state index in [9.17, 15) is 22.8 Å². The van der Waals surface area contributed by atoms with Gasteiger partial charge in [0.1, 0.15) is 0 Å². The van der Waals surface area contributed by atoms with Crippen LogP contribution in [0.1, 0.15) is 26.3 Å². The third-order valence-electron chi connectivity index (χ3n) is 3.91. The van der Waals surface area contributed by atoms with E-state index in [-0.39, 0.29) is 5.56 Å². The van der Waals surface area contributed by atoms with Crippen molar-refractivity contribution in [2.45, 2.75) is 6.18 Å². The Kier molecular flexibility index (Phi) is 4.41. The molecule has 0 aliphatic carbocycles. The number of alkyl halides is 3. The number of amides is 2. The number of nitrogens with one attached hydrogen (secondary N) is 2. The molecule has 0 atom stereocenters. The molecule has 3 aromatic rings. The van der Waals surface area contributed by atoms with Crippen molar-refractivity contribution in [2.24, 2.45) is 7.05 Å². The van der Waals surface area contributed by atoms with Gasteiger partial charge in [-0.15, -0.1) is 0 Å². The lowest BCUT2D eigenvalue weighted by atomic mass is 10.1. The number of benzene rings is 2. The molecule has 0 spiro atoms. The second-order valence-corrected chi connectivity index (χ2v) is 5.65. The average molecular weight is 361 g/mol. The van der Waals surface area contributed by atoms with E-state index in [1.165, 1.54) is 0 Å².